The molecule has 37 heavy (non-hydrogen) atoms. The zero-order valence-electron chi connectivity index (χ0n) is 21.1. The molecule has 0 fully saturated rings. The van der Waals surface area contributed by atoms with Crippen LogP contribution < -0.4 is 4.74 Å². The van der Waals surface area contributed by atoms with Gasteiger partial charge in [-0.05, 0) is 48.2 Å². The number of unbranched alkanes of at least 4 members (excludes halogenated alkanes) is 2. The molecule has 198 valence electrons. The van der Waals surface area contributed by atoms with E-state index in [-0.39, 0.29) is 24.4 Å². The van der Waals surface area contributed by atoms with E-state index in [1.54, 1.807) is 36.4 Å². The van der Waals surface area contributed by atoms with Crippen molar-refractivity contribution < 1.29 is 38.8 Å². The molecular weight excluding hydrogens is 476 g/mol. The first kappa shape index (κ1) is 29.5. The van der Waals surface area contributed by atoms with Gasteiger partial charge in [0.2, 0.25) is 0 Å². The van der Waals surface area contributed by atoms with Gasteiger partial charge in [-0.25, -0.2) is 14.4 Å². The molecule has 0 aliphatic rings. The first-order chi connectivity index (χ1) is 17.8. The summed E-state index contributed by atoms with van der Waals surface area (Å²) in [4.78, 5) is 36.4. The van der Waals surface area contributed by atoms with Crippen molar-refractivity contribution in [2.45, 2.75) is 38.5 Å². The number of aryl methyl sites for hydroxylation is 1. The molecule has 0 saturated carbocycles. The second-order valence-corrected chi connectivity index (χ2v) is 8.53. The zero-order chi connectivity index (χ0) is 27.2. The number of carbonyl (C=O) groups excluding carboxylic acids is 3. The van der Waals surface area contributed by atoms with E-state index in [2.05, 4.69) is 20.1 Å². The number of hydrogen-bond donors (Lipinski definition) is 2. The maximum absolute atomic E-state index is 12.6. The van der Waals surface area contributed by atoms with Crippen LogP contribution in [0, 0.1) is 0 Å². The van der Waals surface area contributed by atoms with Gasteiger partial charge in [0.1, 0.15) is 19.0 Å². The fraction of sp³-hybridized carbons (Fsp3) is 0.345. The lowest BCUT2D eigenvalue weighted by molar-refractivity contribution is -0.142. The Labute approximate surface area is 217 Å². The number of carbonyl (C=O) groups is 3. The van der Waals surface area contributed by atoms with Crippen molar-refractivity contribution in [2.75, 3.05) is 26.4 Å². The van der Waals surface area contributed by atoms with Gasteiger partial charge in [0.25, 0.3) is 0 Å². The van der Waals surface area contributed by atoms with Crippen molar-refractivity contribution >= 4 is 17.9 Å². The molecule has 0 saturated heterocycles. The molecule has 0 aliphatic carbocycles. The molecule has 0 radical (unpaired) electrons. The summed E-state index contributed by atoms with van der Waals surface area (Å²) in [5, 5.41) is 18.1. The van der Waals surface area contributed by atoms with Crippen molar-refractivity contribution in [3.63, 3.8) is 0 Å². The van der Waals surface area contributed by atoms with Crippen LogP contribution in [0.2, 0.25) is 0 Å². The fourth-order valence-corrected chi connectivity index (χ4v) is 3.29. The molecule has 0 aliphatic heterocycles. The Morgan fingerprint density at radius 1 is 0.811 bits per heavy atom. The van der Waals surface area contributed by atoms with Crippen LogP contribution in [0.3, 0.4) is 0 Å². The number of ether oxygens (including phenoxy) is 3. The first-order valence-electron chi connectivity index (χ1n) is 12.1. The fourth-order valence-electron chi connectivity index (χ4n) is 3.29. The van der Waals surface area contributed by atoms with Crippen LogP contribution in [0.1, 0.15) is 53.6 Å². The third-order valence-corrected chi connectivity index (χ3v) is 5.61. The smallest absolute Gasteiger partial charge is 0.343 e. The highest BCUT2D eigenvalue weighted by Crippen LogP contribution is 2.21. The van der Waals surface area contributed by atoms with E-state index in [1.165, 1.54) is 12.0 Å². The highest BCUT2D eigenvalue weighted by atomic mass is 16.5. The van der Waals surface area contributed by atoms with Gasteiger partial charge >= 0.3 is 17.9 Å². The normalized spacial score (nSPS) is 10.6. The molecule has 0 unspecified atom stereocenters. The minimum absolute atomic E-state index is 0.114. The lowest BCUT2D eigenvalue weighted by Crippen LogP contribution is -2.21. The van der Waals surface area contributed by atoms with Crippen molar-refractivity contribution in [2.24, 2.45) is 0 Å². The Balaban J connectivity index is 2.06. The van der Waals surface area contributed by atoms with Crippen LogP contribution in [-0.2, 0) is 25.5 Å². The van der Waals surface area contributed by atoms with E-state index in [0.29, 0.717) is 16.9 Å². The maximum atomic E-state index is 12.6. The predicted octanol–water partition coefficient (Wildman–Crippen LogP) is 3.91. The molecule has 2 rings (SSSR count). The Kier molecular flexibility index (Phi) is 12.3. The van der Waals surface area contributed by atoms with Gasteiger partial charge in [-0.2, -0.15) is 0 Å². The van der Waals surface area contributed by atoms with E-state index < -0.39 is 37.0 Å². The third-order valence-electron chi connectivity index (χ3n) is 5.61. The summed E-state index contributed by atoms with van der Waals surface area (Å²) >= 11 is 0. The van der Waals surface area contributed by atoms with E-state index in [0.717, 1.165) is 19.3 Å². The number of aliphatic hydroxyl groups excluding tert-OH is 2. The van der Waals surface area contributed by atoms with Gasteiger partial charge in [-0.15, -0.1) is 0 Å². The zero-order valence-corrected chi connectivity index (χ0v) is 21.1. The lowest BCUT2D eigenvalue weighted by atomic mass is 9.99. The van der Waals surface area contributed by atoms with E-state index in [4.69, 9.17) is 24.4 Å². The Bertz CT molecular complexity index is 1040. The quantitative estimate of drug-likeness (QED) is 0.160. The number of esters is 3. The molecule has 8 nitrogen and oxygen atoms in total. The molecule has 8 heteroatoms. The third kappa shape index (κ3) is 9.67. The van der Waals surface area contributed by atoms with Crippen LogP contribution in [0.4, 0.5) is 0 Å². The molecule has 0 bridgehead atoms. The van der Waals surface area contributed by atoms with Crippen LogP contribution >= 0.6 is 0 Å². The number of aliphatic hydroxyl groups is 2. The molecule has 2 aromatic carbocycles. The second-order valence-electron chi connectivity index (χ2n) is 8.53. The largest absolute Gasteiger partial charge is 0.461 e. The summed E-state index contributed by atoms with van der Waals surface area (Å²) in [6, 6.07) is 13.8. The van der Waals surface area contributed by atoms with Gasteiger partial charge in [0.15, 0.2) is 0 Å². The van der Waals surface area contributed by atoms with Crippen LogP contribution in [0.25, 0.3) is 0 Å². The molecule has 0 spiro atoms. The second kappa shape index (κ2) is 15.4. The monoisotopic (exact) mass is 510 g/mol. The Morgan fingerprint density at radius 2 is 1.35 bits per heavy atom. The van der Waals surface area contributed by atoms with Gasteiger partial charge in [0.05, 0.1) is 35.8 Å². The van der Waals surface area contributed by atoms with Crippen molar-refractivity contribution in [3.8, 4) is 5.75 Å². The highest BCUT2D eigenvalue weighted by Gasteiger charge is 2.20. The predicted molar refractivity (Wildman–Crippen MR) is 138 cm³/mol. The van der Waals surface area contributed by atoms with E-state index in [9.17, 15) is 14.4 Å². The minimum atomic E-state index is -0.782. The summed E-state index contributed by atoms with van der Waals surface area (Å²) < 4.78 is 15.8. The molecule has 2 N–H and O–H groups in total. The molecular formula is C29H34O8. The van der Waals surface area contributed by atoms with E-state index >= 15 is 0 Å². The van der Waals surface area contributed by atoms with Crippen LogP contribution in [-0.4, -0.2) is 54.5 Å². The van der Waals surface area contributed by atoms with Gasteiger partial charge in [-0.1, -0.05) is 57.2 Å². The topological polar surface area (TPSA) is 119 Å². The molecule has 0 heterocycles. The average molecular weight is 511 g/mol. The van der Waals surface area contributed by atoms with Gasteiger partial charge in [0, 0.05) is 0 Å². The first-order valence-corrected chi connectivity index (χ1v) is 12.1. The molecule has 0 aromatic heterocycles. The summed E-state index contributed by atoms with van der Waals surface area (Å²) in [7, 11) is 0. The van der Waals surface area contributed by atoms with Crippen LogP contribution in [0.5, 0.6) is 5.75 Å². The highest BCUT2D eigenvalue weighted by molar-refractivity contribution is 5.91. The summed E-state index contributed by atoms with van der Waals surface area (Å²) in [5.41, 5.74) is 1.90. The standard InChI is InChI=1S/C29H34O8/c1-4-5-6-7-22-8-14-26(15-9-22)37-29(34)24-12-10-23(11-13-24)25(18-35-27(32)20(2)16-30)19-36-28(33)21(3)17-31/h8-15,25,30-31H,2-7,16-19H2,1H3. The minimum Gasteiger partial charge on any atom is -0.461 e. The lowest BCUT2D eigenvalue weighted by Gasteiger charge is -2.18. The SMILES string of the molecule is C=C(CO)C(=O)OCC(COC(=O)C(=C)CO)c1ccc(C(=O)Oc2ccc(CCCCC)cc2)cc1. The summed E-state index contributed by atoms with van der Waals surface area (Å²) in [6.07, 6.45) is 4.43. The molecule has 0 amide bonds. The molecule has 0 atom stereocenters. The number of benzene rings is 2. The summed E-state index contributed by atoms with van der Waals surface area (Å²) in [6.45, 7) is 7.55. The van der Waals surface area contributed by atoms with Crippen molar-refractivity contribution in [1.29, 1.82) is 0 Å². The van der Waals surface area contributed by atoms with E-state index in [1.807, 2.05) is 12.1 Å². The van der Waals surface area contributed by atoms with Gasteiger partial charge < -0.3 is 24.4 Å². The summed E-state index contributed by atoms with van der Waals surface area (Å²) in [5.74, 6) is -2.24. The molecule has 2 aromatic rings. The number of hydrogen-bond acceptors (Lipinski definition) is 8. The Morgan fingerprint density at radius 3 is 1.84 bits per heavy atom. The average Bonchev–Trinajstić information content (AvgIpc) is 2.92. The van der Waals surface area contributed by atoms with Crippen molar-refractivity contribution in [1.82, 2.24) is 0 Å². The van der Waals surface area contributed by atoms with Gasteiger partial charge in [-0.3, -0.25) is 0 Å². The Hall–Kier alpha value is -3.75. The van der Waals surface area contributed by atoms with Crippen LogP contribution in [0.15, 0.2) is 72.8 Å². The van der Waals surface area contributed by atoms with Crippen molar-refractivity contribution in [3.05, 3.63) is 89.5 Å². The maximum Gasteiger partial charge on any atom is 0.343 e. The number of rotatable bonds is 15.